The SMILES string of the molecule is Cc1nn(C(=O)c2cccnc2)c(-c2ccccc2)c1Sc1ccccc1Br. The molecular formula is C22H16BrN3OS. The molecule has 0 atom stereocenters. The van der Waals surface area contributed by atoms with Crippen molar-refractivity contribution in [2.24, 2.45) is 0 Å². The highest BCUT2D eigenvalue weighted by molar-refractivity contribution is 9.10. The number of aryl methyl sites for hydroxylation is 1. The molecule has 0 N–H and O–H groups in total. The van der Waals surface area contributed by atoms with Crippen LogP contribution in [0.4, 0.5) is 0 Å². The molecule has 0 aliphatic carbocycles. The summed E-state index contributed by atoms with van der Waals surface area (Å²) in [5.41, 5.74) is 3.03. The van der Waals surface area contributed by atoms with Crippen LogP contribution in [0.1, 0.15) is 16.1 Å². The van der Waals surface area contributed by atoms with Crippen molar-refractivity contribution in [2.45, 2.75) is 16.7 Å². The molecule has 2 aromatic carbocycles. The molecule has 2 aromatic heterocycles. The third kappa shape index (κ3) is 3.66. The van der Waals surface area contributed by atoms with Crippen molar-refractivity contribution in [1.82, 2.24) is 14.8 Å². The summed E-state index contributed by atoms with van der Waals surface area (Å²) in [7, 11) is 0. The zero-order valence-electron chi connectivity index (χ0n) is 15.0. The monoisotopic (exact) mass is 449 g/mol. The molecule has 0 aliphatic heterocycles. The summed E-state index contributed by atoms with van der Waals surface area (Å²) in [6.07, 6.45) is 3.21. The Morgan fingerprint density at radius 1 is 1.00 bits per heavy atom. The number of carbonyl (C=O) groups excluding carboxylic acids is 1. The molecule has 0 spiro atoms. The quantitative estimate of drug-likeness (QED) is 0.391. The van der Waals surface area contributed by atoms with Crippen LogP contribution in [0.15, 0.2) is 93.4 Å². The van der Waals surface area contributed by atoms with Crippen LogP contribution in [0.3, 0.4) is 0 Å². The van der Waals surface area contributed by atoms with Gasteiger partial charge < -0.3 is 0 Å². The van der Waals surface area contributed by atoms with E-state index in [2.05, 4.69) is 26.0 Å². The van der Waals surface area contributed by atoms with Gasteiger partial charge >= 0.3 is 0 Å². The Balaban J connectivity index is 1.88. The van der Waals surface area contributed by atoms with Gasteiger partial charge in [0.1, 0.15) is 0 Å². The molecule has 0 radical (unpaired) electrons. The minimum absolute atomic E-state index is 0.200. The first kappa shape index (κ1) is 18.7. The average molecular weight is 450 g/mol. The van der Waals surface area contributed by atoms with Gasteiger partial charge in [0.05, 0.1) is 21.8 Å². The first-order chi connectivity index (χ1) is 13.6. The lowest BCUT2D eigenvalue weighted by Crippen LogP contribution is -2.15. The van der Waals surface area contributed by atoms with E-state index in [9.17, 15) is 4.79 Å². The number of carbonyl (C=O) groups is 1. The maximum atomic E-state index is 13.2. The number of rotatable bonds is 4. The first-order valence-corrected chi connectivity index (χ1v) is 10.3. The summed E-state index contributed by atoms with van der Waals surface area (Å²) < 4.78 is 2.49. The van der Waals surface area contributed by atoms with E-state index in [-0.39, 0.29) is 5.91 Å². The Bertz CT molecular complexity index is 1130. The average Bonchev–Trinajstić information content (AvgIpc) is 3.06. The summed E-state index contributed by atoms with van der Waals surface area (Å²) in [6, 6.07) is 21.4. The van der Waals surface area contributed by atoms with Crippen LogP contribution in [0.25, 0.3) is 11.3 Å². The van der Waals surface area contributed by atoms with Crippen LogP contribution in [0.2, 0.25) is 0 Å². The van der Waals surface area contributed by atoms with Crippen molar-refractivity contribution in [3.05, 3.63) is 94.9 Å². The lowest BCUT2D eigenvalue weighted by Gasteiger charge is -2.10. The minimum atomic E-state index is -0.200. The largest absolute Gasteiger partial charge is 0.280 e. The molecule has 6 heteroatoms. The van der Waals surface area contributed by atoms with Gasteiger partial charge in [0.25, 0.3) is 5.91 Å². The number of hydrogen-bond acceptors (Lipinski definition) is 4. The van der Waals surface area contributed by atoms with Gasteiger partial charge in [0.15, 0.2) is 0 Å². The Morgan fingerprint density at radius 2 is 1.75 bits per heavy atom. The Morgan fingerprint density at radius 3 is 2.46 bits per heavy atom. The molecule has 4 aromatic rings. The molecule has 0 saturated carbocycles. The van der Waals surface area contributed by atoms with E-state index in [1.807, 2.05) is 61.5 Å². The highest BCUT2D eigenvalue weighted by Gasteiger charge is 2.23. The Kier molecular flexibility index (Phi) is 5.41. The normalized spacial score (nSPS) is 10.8. The number of benzene rings is 2. The predicted octanol–water partition coefficient (Wildman–Crippen LogP) is 5.86. The fourth-order valence-corrected chi connectivity index (χ4v) is 4.43. The predicted molar refractivity (Wildman–Crippen MR) is 115 cm³/mol. The molecule has 0 aliphatic rings. The van der Waals surface area contributed by atoms with E-state index in [1.165, 1.54) is 4.68 Å². The van der Waals surface area contributed by atoms with Gasteiger partial charge in [-0.1, -0.05) is 54.2 Å². The Hall–Kier alpha value is -2.70. The molecule has 2 heterocycles. The van der Waals surface area contributed by atoms with E-state index in [0.29, 0.717) is 5.56 Å². The van der Waals surface area contributed by atoms with E-state index >= 15 is 0 Å². The van der Waals surface area contributed by atoms with Gasteiger partial charge in [0.2, 0.25) is 0 Å². The van der Waals surface area contributed by atoms with Crippen molar-refractivity contribution < 1.29 is 4.79 Å². The summed E-state index contributed by atoms with van der Waals surface area (Å²) in [5.74, 6) is -0.200. The highest BCUT2D eigenvalue weighted by Crippen LogP contribution is 2.41. The standard InChI is InChI=1S/C22H16BrN3OS/c1-15-21(28-19-12-6-5-11-18(19)23)20(16-8-3-2-4-9-16)26(25-15)22(27)17-10-7-13-24-14-17/h2-14H,1H3. The second-order valence-electron chi connectivity index (χ2n) is 6.12. The number of hydrogen-bond donors (Lipinski definition) is 0. The fraction of sp³-hybridized carbons (Fsp3) is 0.0455. The van der Waals surface area contributed by atoms with Crippen LogP contribution < -0.4 is 0 Å². The summed E-state index contributed by atoms with van der Waals surface area (Å²) >= 11 is 5.21. The topological polar surface area (TPSA) is 47.8 Å². The van der Waals surface area contributed by atoms with Crippen LogP contribution in [0.5, 0.6) is 0 Å². The first-order valence-electron chi connectivity index (χ1n) is 8.67. The van der Waals surface area contributed by atoms with Crippen molar-refractivity contribution in [3.8, 4) is 11.3 Å². The van der Waals surface area contributed by atoms with E-state index in [0.717, 1.165) is 31.2 Å². The van der Waals surface area contributed by atoms with Gasteiger partial charge in [-0.3, -0.25) is 9.78 Å². The van der Waals surface area contributed by atoms with Crippen molar-refractivity contribution in [1.29, 1.82) is 0 Å². The van der Waals surface area contributed by atoms with Crippen molar-refractivity contribution >= 4 is 33.6 Å². The maximum absolute atomic E-state index is 13.2. The van der Waals surface area contributed by atoms with Crippen LogP contribution >= 0.6 is 27.7 Å². The van der Waals surface area contributed by atoms with Gasteiger partial charge in [-0.15, -0.1) is 0 Å². The number of nitrogens with zero attached hydrogens (tertiary/aromatic N) is 3. The van der Waals surface area contributed by atoms with E-state index < -0.39 is 0 Å². The zero-order valence-corrected chi connectivity index (χ0v) is 17.4. The van der Waals surface area contributed by atoms with E-state index in [4.69, 9.17) is 0 Å². The van der Waals surface area contributed by atoms with Gasteiger partial charge in [-0.2, -0.15) is 9.78 Å². The minimum Gasteiger partial charge on any atom is -0.267 e. The molecule has 4 nitrogen and oxygen atoms in total. The van der Waals surface area contributed by atoms with Crippen LogP contribution in [0, 0.1) is 6.92 Å². The second-order valence-corrected chi connectivity index (χ2v) is 8.03. The maximum Gasteiger partial charge on any atom is 0.280 e. The molecule has 0 fully saturated rings. The van der Waals surface area contributed by atoms with Gasteiger partial charge in [-0.05, 0) is 47.1 Å². The molecule has 0 unspecified atom stereocenters. The van der Waals surface area contributed by atoms with Crippen molar-refractivity contribution in [2.75, 3.05) is 0 Å². The number of pyridine rings is 1. The molecule has 0 saturated heterocycles. The summed E-state index contributed by atoms with van der Waals surface area (Å²) in [5, 5.41) is 4.59. The number of aromatic nitrogens is 3. The van der Waals surface area contributed by atoms with E-state index in [1.54, 1.807) is 36.3 Å². The van der Waals surface area contributed by atoms with Crippen molar-refractivity contribution in [3.63, 3.8) is 0 Å². The third-order valence-electron chi connectivity index (χ3n) is 4.20. The second kappa shape index (κ2) is 8.12. The summed E-state index contributed by atoms with van der Waals surface area (Å²) in [6.45, 7) is 1.93. The lowest BCUT2D eigenvalue weighted by molar-refractivity contribution is 0.0946. The van der Waals surface area contributed by atoms with Crippen LogP contribution in [-0.2, 0) is 0 Å². The molecule has 28 heavy (non-hydrogen) atoms. The van der Waals surface area contributed by atoms with Gasteiger partial charge in [-0.25, -0.2) is 0 Å². The molecule has 0 amide bonds. The fourth-order valence-electron chi connectivity index (χ4n) is 2.88. The zero-order chi connectivity index (χ0) is 19.5. The molecule has 138 valence electrons. The molecule has 0 bridgehead atoms. The number of halogens is 1. The lowest BCUT2D eigenvalue weighted by atomic mass is 10.1. The Labute approximate surface area is 175 Å². The molecular weight excluding hydrogens is 434 g/mol. The van der Waals surface area contributed by atoms with Gasteiger partial charge in [0, 0.05) is 27.3 Å². The summed E-state index contributed by atoms with van der Waals surface area (Å²) in [4.78, 5) is 19.3. The highest BCUT2D eigenvalue weighted by atomic mass is 79.9. The molecule has 4 rings (SSSR count). The van der Waals surface area contributed by atoms with Crippen LogP contribution in [-0.4, -0.2) is 20.7 Å². The third-order valence-corrected chi connectivity index (χ3v) is 6.42. The smallest absolute Gasteiger partial charge is 0.267 e.